The number of nitriles is 1. The van der Waals surface area contributed by atoms with Crippen LogP contribution in [0.2, 0.25) is 5.02 Å². The fourth-order valence-corrected chi connectivity index (χ4v) is 2.25. The van der Waals surface area contributed by atoms with E-state index in [1.165, 1.54) is 13.1 Å². The third-order valence-corrected chi connectivity index (χ3v) is 3.94. The van der Waals surface area contributed by atoms with Crippen LogP contribution >= 0.6 is 11.6 Å². The highest BCUT2D eigenvalue weighted by Crippen LogP contribution is 2.23. The van der Waals surface area contributed by atoms with Crippen molar-refractivity contribution in [2.75, 3.05) is 10.6 Å². The molecule has 126 valence electrons. The quantitative estimate of drug-likeness (QED) is 0.476. The number of Topliss-reactive ketones (excluding diaryl/α,β-unsaturated/α-hetero) is 1. The average Bonchev–Trinajstić information content (AvgIpc) is 2.59. The van der Waals surface area contributed by atoms with Crippen LogP contribution in [0.5, 0.6) is 0 Å². The molecule has 2 rings (SSSR count). The Labute approximate surface area is 150 Å². The van der Waals surface area contributed by atoms with Crippen molar-refractivity contribution in [1.82, 2.24) is 0 Å². The molecule has 0 spiro atoms. The summed E-state index contributed by atoms with van der Waals surface area (Å²) in [6.07, 6.45) is 1.32. The largest absolute Gasteiger partial charge is 0.360 e. The Bertz CT molecular complexity index is 898. The van der Waals surface area contributed by atoms with Gasteiger partial charge in [0.25, 0.3) is 5.91 Å². The molecule has 2 N–H and O–H groups in total. The molecule has 0 aliphatic heterocycles. The molecule has 0 aliphatic rings. The third kappa shape index (κ3) is 4.69. The first-order chi connectivity index (χ1) is 11.9. The minimum atomic E-state index is -0.574. The lowest BCUT2D eigenvalue weighted by Crippen LogP contribution is -2.15. The lowest BCUT2D eigenvalue weighted by atomic mass is 10.1. The van der Waals surface area contributed by atoms with Crippen molar-refractivity contribution < 1.29 is 9.59 Å². The second-order valence-corrected chi connectivity index (χ2v) is 5.72. The molecule has 0 fully saturated rings. The monoisotopic (exact) mass is 353 g/mol. The smallest absolute Gasteiger partial charge is 0.267 e. The molecular weight excluding hydrogens is 338 g/mol. The summed E-state index contributed by atoms with van der Waals surface area (Å²) in [4.78, 5) is 23.6. The van der Waals surface area contributed by atoms with Crippen molar-refractivity contribution >= 4 is 34.7 Å². The van der Waals surface area contributed by atoms with Gasteiger partial charge in [-0.2, -0.15) is 5.26 Å². The van der Waals surface area contributed by atoms with Crippen LogP contribution in [0.25, 0.3) is 0 Å². The Kier molecular flexibility index (Phi) is 5.93. The molecule has 0 unspecified atom stereocenters. The fourth-order valence-electron chi connectivity index (χ4n) is 2.08. The SMILES string of the molecule is CC(=O)c1cccc(NC(=O)/C(C#N)=C\Nc2cccc(Cl)c2C)c1. The van der Waals surface area contributed by atoms with E-state index in [0.717, 1.165) is 5.56 Å². The molecule has 0 heterocycles. The van der Waals surface area contributed by atoms with E-state index in [4.69, 9.17) is 11.6 Å². The maximum Gasteiger partial charge on any atom is 0.267 e. The Morgan fingerprint density at radius 1 is 1.20 bits per heavy atom. The first kappa shape index (κ1) is 18.2. The number of hydrogen-bond donors (Lipinski definition) is 2. The molecule has 25 heavy (non-hydrogen) atoms. The van der Waals surface area contributed by atoms with Crippen molar-refractivity contribution in [2.45, 2.75) is 13.8 Å². The summed E-state index contributed by atoms with van der Waals surface area (Å²) in [7, 11) is 0. The highest BCUT2D eigenvalue weighted by molar-refractivity contribution is 6.31. The van der Waals surface area contributed by atoms with Crippen LogP contribution in [-0.2, 0) is 4.79 Å². The molecule has 2 aromatic carbocycles. The summed E-state index contributed by atoms with van der Waals surface area (Å²) in [6.45, 7) is 3.27. The van der Waals surface area contributed by atoms with Gasteiger partial charge in [-0.1, -0.05) is 29.8 Å². The molecule has 1 amide bonds. The second kappa shape index (κ2) is 8.13. The van der Waals surface area contributed by atoms with Gasteiger partial charge in [0.1, 0.15) is 11.6 Å². The Morgan fingerprint density at radius 3 is 2.60 bits per heavy atom. The van der Waals surface area contributed by atoms with Crippen LogP contribution in [0.15, 0.2) is 54.2 Å². The number of nitrogens with one attached hydrogen (secondary N) is 2. The van der Waals surface area contributed by atoms with Gasteiger partial charge in [0.05, 0.1) is 0 Å². The number of amides is 1. The van der Waals surface area contributed by atoms with Crippen molar-refractivity contribution in [3.8, 4) is 6.07 Å². The van der Waals surface area contributed by atoms with Gasteiger partial charge in [-0.15, -0.1) is 0 Å². The van der Waals surface area contributed by atoms with Crippen LogP contribution < -0.4 is 10.6 Å². The molecule has 0 saturated heterocycles. The van der Waals surface area contributed by atoms with E-state index in [2.05, 4.69) is 10.6 Å². The number of benzene rings is 2. The normalized spacial score (nSPS) is 10.7. The topological polar surface area (TPSA) is 82.0 Å². The van der Waals surface area contributed by atoms with E-state index in [1.807, 2.05) is 13.0 Å². The molecule has 5 nitrogen and oxygen atoms in total. The zero-order chi connectivity index (χ0) is 18.4. The number of hydrogen-bond acceptors (Lipinski definition) is 4. The van der Waals surface area contributed by atoms with Crippen LogP contribution in [-0.4, -0.2) is 11.7 Å². The average molecular weight is 354 g/mol. The van der Waals surface area contributed by atoms with Crippen LogP contribution in [0.1, 0.15) is 22.8 Å². The molecule has 0 saturated carbocycles. The van der Waals surface area contributed by atoms with Gasteiger partial charge >= 0.3 is 0 Å². The standard InChI is InChI=1S/C19H16ClN3O2/c1-12-17(20)7-4-8-18(12)22-11-15(10-21)19(25)23-16-6-3-5-14(9-16)13(2)24/h3-9,11,22H,1-2H3,(H,23,25)/b15-11-. The van der Waals surface area contributed by atoms with Crippen molar-refractivity contribution in [2.24, 2.45) is 0 Å². The van der Waals surface area contributed by atoms with Gasteiger partial charge in [0, 0.05) is 28.2 Å². The van der Waals surface area contributed by atoms with Crippen LogP contribution in [0.3, 0.4) is 0 Å². The second-order valence-electron chi connectivity index (χ2n) is 5.32. The highest BCUT2D eigenvalue weighted by Gasteiger charge is 2.11. The summed E-state index contributed by atoms with van der Waals surface area (Å²) in [5.74, 6) is -0.680. The molecule has 0 bridgehead atoms. The van der Waals surface area contributed by atoms with E-state index in [-0.39, 0.29) is 11.4 Å². The molecule has 0 radical (unpaired) electrons. The lowest BCUT2D eigenvalue weighted by molar-refractivity contribution is -0.112. The van der Waals surface area contributed by atoms with Crippen molar-refractivity contribution in [3.05, 3.63) is 70.4 Å². The third-order valence-electron chi connectivity index (χ3n) is 3.53. The minimum absolute atomic E-state index is 0.104. The number of carbonyl (C=O) groups is 2. The van der Waals surface area contributed by atoms with E-state index in [0.29, 0.717) is 22.0 Å². The number of halogens is 1. The molecule has 2 aromatic rings. The Hall–Kier alpha value is -3.10. The van der Waals surface area contributed by atoms with Crippen molar-refractivity contribution in [1.29, 1.82) is 5.26 Å². The fraction of sp³-hybridized carbons (Fsp3) is 0.105. The number of rotatable bonds is 5. The Balaban J connectivity index is 2.16. The summed E-state index contributed by atoms with van der Waals surface area (Å²) in [5, 5.41) is 15.3. The van der Waals surface area contributed by atoms with Crippen LogP contribution in [0.4, 0.5) is 11.4 Å². The van der Waals surface area contributed by atoms with Gasteiger partial charge in [-0.05, 0) is 43.7 Å². The molecular formula is C19H16ClN3O2. The summed E-state index contributed by atoms with van der Waals surface area (Å²) >= 11 is 6.04. The zero-order valence-corrected chi connectivity index (χ0v) is 14.5. The predicted octanol–water partition coefficient (Wildman–Crippen LogP) is 4.31. The van der Waals surface area contributed by atoms with E-state index in [1.54, 1.807) is 42.5 Å². The minimum Gasteiger partial charge on any atom is -0.360 e. The van der Waals surface area contributed by atoms with Gasteiger partial charge in [0.15, 0.2) is 5.78 Å². The Morgan fingerprint density at radius 2 is 1.92 bits per heavy atom. The van der Waals surface area contributed by atoms with E-state index < -0.39 is 5.91 Å². The molecule has 6 heteroatoms. The molecule has 0 atom stereocenters. The summed E-state index contributed by atoms with van der Waals surface area (Å²) < 4.78 is 0. The predicted molar refractivity (Wildman–Crippen MR) is 98.6 cm³/mol. The summed E-state index contributed by atoms with van der Waals surface area (Å²) in [5.41, 5.74) is 2.33. The van der Waals surface area contributed by atoms with Gasteiger partial charge < -0.3 is 10.6 Å². The number of anilines is 2. The molecule has 0 aliphatic carbocycles. The van der Waals surface area contributed by atoms with E-state index in [9.17, 15) is 14.9 Å². The number of nitrogens with zero attached hydrogens (tertiary/aromatic N) is 1. The lowest BCUT2D eigenvalue weighted by Gasteiger charge is -2.08. The van der Waals surface area contributed by atoms with E-state index >= 15 is 0 Å². The van der Waals surface area contributed by atoms with Crippen molar-refractivity contribution in [3.63, 3.8) is 0 Å². The highest BCUT2D eigenvalue weighted by atomic mass is 35.5. The van der Waals surface area contributed by atoms with Gasteiger partial charge in [-0.3, -0.25) is 9.59 Å². The first-order valence-corrected chi connectivity index (χ1v) is 7.84. The summed E-state index contributed by atoms with van der Waals surface area (Å²) in [6, 6.07) is 13.7. The zero-order valence-electron chi connectivity index (χ0n) is 13.8. The number of ketones is 1. The maximum absolute atomic E-state index is 12.2. The van der Waals surface area contributed by atoms with Gasteiger partial charge in [0.2, 0.25) is 0 Å². The molecule has 0 aromatic heterocycles. The van der Waals surface area contributed by atoms with Gasteiger partial charge in [-0.25, -0.2) is 0 Å². The van der Waals surface area contributed by atoms with Crippen LogP contribution in [0, 0.1) is 18.3 Å². The maximum atomic E-state index is 12.2. The first-order valence-electron chi connectivity index (χ1n) is 7.46. The number of carbonyl (C=O) groups excluding carboxylic acids is 2.